The highest BCUT2D eigenvalue weighted by Gasteiger charge is 2.20. The van der Waals surface area contributed by atoms with Crippen LogP contribution in [0.2, 0.25) is 10.0 Å². The van der Waals surface area contributed by atoms with Gasteiger partial charge in [-0.1, -0.05) is 36.2 Å². The van der Waals surface area contributed by atoms with Gasteiger partial charge in [-0.25, -0.2) is 4.98 Å². The van der Waals surface area contributed by atoms with E-state index in [1.807, 2.05) is 27.6 Å². The first-order chi connectivity index (χ1) is 11.2. The second-order valence-electron chi connectivity index (χ2n) is 5.03. The van der Waals surface area contributed by atoms with Crippen molar-refractivity contribution in [3.63, 3.8) is 0 Å². The van der Waals surface area contributed by atoms with Gasteiger partial charge >= 0.3 is 0 Å². The molecule has 0 amide bonds. The Bertz CT molecular complexity index is 812. The summed E-state index contributed by atoms with van der Waals surface area (Å²) in [4.78, 5) is 4.17. The fraction of sp³-hybridized carbons (Fsp3) is 0.250. The zero-order chi connectivity index (χ0) is 16.4. The normalized spacial score (nSPS) is 11.1. The molecular formula is C16H16Cl2N4S. The van der Waals surface area contributed by atoms with Crippen LogP contribution in [0.1, 0.15) is 13.3 Å². The number of aromatic nitrogens is 4. The summed E-state index contributed by atoms with van der Waals surface area (Å²) in [6.07, 6.45) is 8.55. The monoisotopic (exact) mass is 366 g/mol. The van der Waals surface area contributed by atoms with Gasteiger partial charge in [-0.05, 0) is 24.8 Å². The zero-order valence-electron chi connectivity index (χ0n) is 12.8. The van der Waals surface area contributed by atoms with E-state index < -0.39 is 0 Å². The molecule has 1 aromatic carbocycles. The van der Waals surface area contributed by atoms with Crippen LogP contribution < -0.4 is 0 Å². The van der Waals surface area contributed by atoms with E-state index in [9.17, 15) is 0 Å². The fourth-order valence-electron chi connectivity index (χ4n) is 2.46. The molecule has 0 fully saturated rings. The topological polar surface area (TPSA) is 35.6 Å². The van der Waals surface area contributed by atoms with Gasteiger partial charge in [-0.2, -0.15) is 5.10 Å². The largest absolute Gasteiger partial charge is 0.302 e. The van der Waals surface area contributed by atoms with Crippen LogP contribution in [0.4, 0.5) is 0 Å². The summed E-state index contributed by atoms with van der Waals surface area (Å²) in [7, 11) is 0. The maximum absolute atomic E-state index is 6.19. The molecule has 2 heterocycles. The molecule has 0 radical (unpaired) electrons. The number of thioether (sulfide) groups is 1. The lowest BCUT2D eigenvalue weighted by Gasteiger charge is -2.07. The lowest BCUT2D eigenvalue weighted by atomic mass is 10.1. The highest BCUT2D eigenvalue weighted by molar-refractivity contribution is 7.98. The predicted octanol–water partition coefficient (Wildman–Crippen LogP) is 5.17. The van der Waals surface area contributed by atoms with Gasteiger partial charge in [0.25, 0.3) is 0 Å². The van der Waals surface area contributed by atoms with Gasteiger partial charge in [0, 0.05) is 24.5 Å². The van der Waals surface area contributed by atoms with Crippen molar-refractivity contribution < 1.29 is 0 Å². The number of halogens is 2. The standard InChI is InChI=1S/C16H16Cl2N4S/c1-3-7-22-16(23-2)15(21-8-6-19-10-21)14(20-22)11-4-5-12(17)13(18)9-11/h4-6,8-10H,3,7H2,1-2H3. The highest BCUT2D eigenvalue weighted by Crippen LogP contribution is 2.36. The third-order valence-corrected chi connectivity index (χ3v) is 5.00. The summed E-state index contributed by atoms with van der Waals surface area (Å²) in [5.41, 5.74) is 2.83. The smallest absolute Gasteiger partial charge is 0.119 e. The van der Waals surface area contributed by atoms with Crippen molar-refractivity contribution in [1.29, 1.82) is 0 Å². The number of imidazole rings is 1. The van der Waals surface area contributed by atoms with Crippen LogP contribution in [0.5, 0.6) is 0 Å². The van der Waals surface area contributed by atoms with Gasteiger partial charge in [-0.15, -0.1) is 11.8 Å². The van der Waals surface area contributed by atoms with Gasteiger partial charge in [0.15, 0.2) is 0 Å². The summed E-state index contributed by atoms with van der Waals surface area (Å²) in [6, 6.07) is 5.60. The Morgan fingerprint density at radius 2 is 2.04 bits per heavy atom. The minimum atomic E-state index is 0.525. The van der Waals surface area contributed by atoms with Crippen LogP contribution in [0.3, 0.4) is 0 Å². The Balaban J connectivity index is 2.24. The lowest BCUT2D eigenvalue weighted by molar-refractivity contribution is 0.559. The molecule has 0 saturated heterocycles. The molecule has 3 aromatic rings. The summed E-state index contributed by atoms with van der Waals surface area (Å²) < 4.78 is 4.03. The molecule has 0 unspecified atom stereocenters. The average Bonchev–Trinajstić information content (AvgIpc) is 3.17. The Hall–Kier alpha value is -1.43. The minimum absolute atomic E-state index is 0.525. The number of hydrogen-bond donors (Lipinski definition) is 0. The third kappa shape index (κ3) is 3.13. The van der Waals surface area contributed by atoms with Gasteiger partial charge in [0.05, 0.1) is 16.4 Å². The van der Waals surface area contributed by atoms with Crippen LogP contribution in [-0.2, 0) is 6.54 Å². The van der Waals surface area contributed by atoms with E-state index in [2.05, 4.69) is 18.2 Å². The maximum Gasteiger partial charge on any atom is 0.119 e. The predicted molar refractivity (Wildman–Crippen MR) is 96.9 cm³/mol. The second kappa shape index (κ2) is 6.99. The molecule has 3 rings (SSSR count). The second-order valence-corrected chi connectivity index (χ2v) is 6.64. The lowest BCUT2D eigenvalue weighted by Crippen LogP contribution is -2.01. The first kappa shape index (κ1) is 16.4. The zero-order valence-corrected chi connectivity index (χ0v) is 15.2. The molecule has 0 bridgehead atoms. The van der Waals surface area contributed by atoms with Crippen molar-refractivity contribution in [3.05, 3.63) is 47.0 Å². The van der Waals surface area contributed by atoms with E-state index in [0.717, 1.165) is 34.9 Å². The summed E-state index contributed by atoms with van der Waals surface area (Å²) in [5.74, 6) is 0. The van der Waals surface area contributed by atoms with E-state index in [1.54, 1.807) is 30.4 Å². The summed E-state index contributed by atoms with van der Waals surface area (Å²) >= 11 is 13.9. The molecule has 0 N–H and O–H groups in total. The number of nitrogens with zero attached hydrogens (tertiary/aromatic N) is 4. The van der Waals surface area contributed by atoms with Gasteiger partial charge in [0.1, 0.15) is 16.4 Å². The summed E-state index contributed by atoms with van der Waals surface area (Å²) in [5, 5.41) is 6.98. The molecule has 0 aliphatic carbocycles. The Morgan fingerprint density at radius 1 is 1.22 bits per heavy atom. The maximum atomic E-state index is 6.19. The molecule has 0 spiro atoms. The van der Waals surface area contributed by atoms with Crippen LogP contribution >= 0.6 is 35.0 Å². The molecule has 0 aliphatic heterocycles. The van der Waals surface area contributed by atoms with Crippen molar-refractivity contribution in [1.82, 2.24) is 19.3 Å². The molecular weight excluding hydrogens is 351 g/mol. The molecule has 2 aromatic heterocycles. The van der Waals surface area contributed by atoms with Crippen molar-refractivity contribution in [2.24, 2.45) is 0 Å². The number of benzene rings is 1. The van der Waals surface area contributed by atoms with Crippen LogP contribution in [-0.4, -0.2) is 25.6 Å². The van der Waals surface area contributed by atoms with Crippen LogP contribution in [0.25, 0.3) is 16.9 Å². The first-order valence-electron chi connectivity index (χ1n) is 7.24. The summed E-state index contributed by atoms with van der Waals surface area (Å²) in [6.45, 7) is 3.00. The molecule has 120 valence electrons. The number of aryl methyl sites for hydroxylation is 1. The molecule has 7 heteroatoms. The van der Waals surface area contributed by atoms with Gasteiger partial charge < -0.3 is 4.57 Å². The molecule has 4 nitrogen and oxygen atoms in total. The minimum Gasteiger partial charge on any atom is -0.302 e. The first-order valence-corrected chi connectivity index (χ1v) is 9.22. The highest BCUT2D eigenvalue weighted by atomic mass is 35.5. The fourth-order valence-corrected chi connectivity index (χ4v) is 3.50. The van der Waals surface area contributed by atoms with Crippen molar-refractivity contribution in [3.8, 4) is 16.9 Å². The Morgan fingerprint density at radius 3 is 2.65 bits per heavy atom. The molecule has 23 heavy (non-hydrogen) atoms. The van der Waals surface area contributed by atoms with E-state index in [0.29, 0.717) is 10.0 Å². The third-order valence-electron chi connectivity index (χ3n) is 3.47. The SMILES string of the molecule is CCCn1nc(-c2ccc(Cl)c(Cl)c2)c(-n2ccnc2)c1SC. The Kier molecular flexibility index (Phi) is 4.99. The molecule has 0 saturated carbocycles. The average molecular weight is 367 g/mol. The number of hydrogen-bond acceptors (Lipinski definition) is 3. The van der Waals surface area contributed by atoms with Gasteiger partial charge in [-0.3, -0.25) is 4.68 Å². The van der Waals surface area contributed by atoms with E-state index in [4.69, 9.17) is 28.3 Å². The van der Waals surface area contributed by atoms with Crippen molar-refractivity contribution >= 4 is 35.0 Å². The van der Waals surface area contributed by atoms with E-state index >= 15 is 0 Å². The van der Waals surface area contributed by atoms with E-state index in [-0.39, 0.29) is 0 Å². The molecule has 0 atom stereocenters. The van der Waals surface area contributed by atoms with E-state index in [1.165, 1.54) is 0 Å². The number of rotatable bonds is 5. The quantitative estimate of drug-likeness (QED) is 0.584. The Labute approximate surface area is 149 Å². The van der Waals surface area contributed by atoms with Gasteiger partial charge in [0.2, 0.25) is 0 Å². The van der Waals surface area contributed by atoms with Crippen LogP contribution in [0.15, 0.2) is 41.9 Å². The van der Waals surface area contributed by atoms with Crippen molar-refractivity contribution in [2.45, 2.75) is 24.9 Å². The van der Waals surface area contributed by atoms with Crippen molar-refractivity contribution in [2.75, 3.05) is 6.26 Å². The molecule has 0 aliphatic rings. The van der Waals surface area contributed by atoms with Crippen LogP contribution in [0, 0.1) is 0 Å².